The molecule has 1 atom stereocenters. The molecule has 0 fully saturated rings. The van der Waals surface area contributed by atoms with E-state index >= 15 is 0 Å². The third-order valence-corrected chi connectivity index (χ3v) is 4.18. The van der Waals surface area contributed by atoms with Gasteiger partial charge in [-0.3, -0.25) is 4.90 Å². The van der Waals surface area contributed by atoms with Crippen molar-refractivity contribution >= 4 is 11.3 Å². The average molecular weight is 315 g/mol. The Hall–Kier alpha value is -0.530. The van der Waals surface area contributed by atoms with Crippen molar-refractivity contribution in [2.75, 3.05) is 40.5 Å². The van der Waals surface area contributed by atoms with Crippen LogP contribution in [0, 0.1) is 0 Å². The van der Waals surface area contributed by atoms with Crippen molar-refractivity contribution in [3.05, 3.63) is 16.1 Å². The summed E-state index contributed by atoms with van der Waals surface area (Å²) in [6.45, 7) is 9.44. The molecule has 122 valence electrons. The molecule has 0 amide bonds. The number of hydrogen-bond acceptors (Lipinski definition) is 6. The van der Waals surface area contributed by atoms with Crippen LogP contribution >= 0.6 is 11.3 Å². The minimum absolute atomic E-state index is 0.355. The number of hydrogen-bond donors (Lipinski definition) is 1. The quantitative estimate of drug-likeness (QED) is 0.599. The summed E-state index contributed by atoms with van der Waals surface area (Å²) in [5.74, 6) is 0. The van der Waals surface area contributed by atoms with Gasteiger partial charge in [-0.25, -0.2) is 4.98 Å². The smallest absolute Gasteiger partial charge is 0.107 e. The minimum atomic E-state index is 0.355. The number of ether oxygens (including phenoxy) is 2. The molecule has 0 saturated heterocycles. The lowest BCUT2D eigenvalue weighted by Gasteiger charge is -2.27. The topological polar surface area (TPSA) is 46.6 Å². The first-order valence-corrected chi connectivity index (χ1v) is 8.45. The molecular weight excluding hydrogens is 286 g/mol. The molecule has 1 unspecified atom stereocenters. The first kappa shape index (κ1) is 18.5. The van der Waals surface area contributed by atoms with Crippen molar-refractivity contribution in [2.45, 2.75) is 39.4 Å². The van der Waals surface area contributed by atoms with Crippen LogP contribution in [0.3, 0.4) is 0 Å². The van der Waals surface area contributed by atoms with Crippen LogP contribution in [-0.2, 0) is 22.6 Å². The van der Waals surface area contributed by atoms with E-state index in [0.717, 1.165) is 56.5 Å². The summed E-state index contributed by atoms with van der Waals surface area (Å²) < 4.78 is 10.5. The molecule has 5 nitrogen and oxygen atoms in total. The normalized spacial score (nSPS) is 13.0. The van der Waals surface area contributed by atoms with Gasteiger partial charge in [0.2, 0.25) is 0 Å². The van der Waals surface area contributed by atoms with Crippen molar-refractivity contribution in [1.82, 2.24) is 15.2 Å². The van der Waals surface area contributed by atoms with Crippen LogP contribution in [0.2, 0.25) is 0 Å². The van der Waals surface area contributed by atoms with Crippen LogP contribution in [0.15, 0.2) is 5.38 Å². The van der Waals surface area contributed by atoms with Crippen molar-refractivity contribution < 1.29 is 9.47 Å². The number of methoxy groups -OCH3 is 2. The highest BCUT2D eigenvalue weighted by molar-refractivity contribution is 7.09. The molecule has 0 aliphatic carbocycles. The fourth-order valence-corrected chi connectivity index (χ4v) is 2.85. The van der Waals surface area contributed by atoms with Gasteiger partial charge in [-0.2, -0.15) is 0 Å². The fraction of sp³-hybridized carbons (Fsp3) is 0.800. The molecule has 0 aromatic carbocycles. The average Bonchev–Trinajstić information content (AvgIpc) is 2.91. The molecule has 1 rings (SSSR count). The summed E-state index contributed by atoms with van der Waals surface area (Å²) in [5, 5.41) is 6.70. The third-order valence-electron chi connectivity index (χ3n) is 3.28. The van der Waals surface area contributed by atoms with Gasteiger partial charge in [0.1, 0.15) is 5.01 Å². The zero-order valence-electron chi connectivity index (χ0n) is 13.7. The molecule has 0 saturated carbocycles. The Balaban J connectivity index is 2.52. The third kappa shape index (κ3) is 7.33. The Bertz CT molecular complexity index is 374. The highest BCUT2D eigenvalue weighted by Crippen LogP contribution is 2.13. The first-order valence-electron chi connectivity index (χ1n) is 7.57. The van der Waals surface area contributed by atoms with E-state index in [-0.39, 0.29) is 0 Å². The Morgan fingerprint density at radius 3 is 2.86 bits per heavy atom. The van der Waals surface area contributed by atoms with Gasteiger partial charge in [-0.15, -0.1) is 11.3 Å². The van der Waals surface area contributed by atoms with E-state index in [1.165, 1.54) is 0 Å². The van der Waals surface area contributed by atoms with Crippen LogP contribution in [0.5, 0.6) is 0 Å². The second-order valence-electron chi connectivity index (χ2n) is 5.18. The lowest BCUT2D eigenvalue weighted by atomic mass is 10.2. The van der Waals surface area contributed by atoms with E-state index in [4.69, 9.17) is 14.5 Å². The van der Waals surface area contributed by atoms with Gasteiger partial charge in [-0.1, -0.05) is 6.92 Å². The molecular formula is C15H29N3O2S. The maximum absolute atomic E-state index is 5.26. The summed E-state index contributed by atoms with van der Waals surface area (Å²) in [6, 6.07) is 0.355. The maximum Gasteiger partial charge on any atom is 0.107 e. The second kappa shape index (κ2) is 11.1. The van der Waals surface area contributed by atoms with Gasteiger partial charge in [-0.05, 0) is 19.9 Å². The number of nitrogens with zero attached hydrogens (tertiary/aromatic N) is 2. The lowest BCUT2D eigenvalue weighted by Crippen LogP contribution is -2.38. The summed E-state index contributed by atoms with van der Waals surface area (Å²) in [4.78, 5) is 7.06. The van der Waals surface area contributed by atoms with Crippen LogP contribution in [-0.4, -0.2) is 56.4 Å². The Kier molecular flexibility index (Phi) is 9.78. The number of thiazole rings is 1. The van der Waals surface area contributed by atoms with Gasteiger partial charge in [0.15, 0.2) is 0 Å². The SMILES string of the molecule is CCCNCc1nc(CN(CCOC)C(C)COC)cs1. The van der Waals surface area contributed by atoms with Crippen molar-refractivity contribution in [2.24, 2.45) is 0 Å². The monoisotopic (exact) mass is 315 g/mol. The Morgan fingerprint density at radius 2 is 2.19 bits per heavy atom. The van der Waals surface area contributed by atoms with E-state index in [0.29, 0.717) is 6.04 Å². The molecule has 1 aromatic rings. The Morgan fingerprint density at radius 1 is 1.38 bits per heavy atom. The second-order valence-corrected chi connectivity index (χ2v) is 6.12. The highest BCUT2D eigenvalue weighted by atomic mass is 32.1. The molecule has 1 N–H and O–H groups in total. The van der Waals surface area contributed by atoms with Crippen molar-refractivity contribution in [3.63, 3.8) is 0 Å². The number of nitrogens with one attached hydrogen (secondary N) is 1. The molecule has 1 heterocycles. The molecule has 0 radical (unpaired) electrons. The maximum atomic E-state index is 5.26. The van der Waals surface area contributed by atoms with E-state index in [2.05, 4.69) is 29.4 Å². The van der Waals surface area contributed by atoms with E-state index in [9.17, 15) is 0 Å². The predicted octanol–water partition coefficient (Wildman–Crippen LogP) is 2.13. The molecule has 0 bridgehead atoms. The summed E-state index contributed by atoms with van der Waals surface area (Å²) in [5.41, 5.74) is 1.13. The molecule has 0 spiro atoms. The van der Waals surface area contributed by atoms with Crippen LogP contribution in [0.1, 0.15) is 31.0 Å². The summed E-state index contributed by atoms with van der Waals surface area (Å²) in [6.07, 6.45) is 1.15. The van der Waals surface area contributed by atoms with E-state index < -0.39 is 0 Å². The zero-order chi connectivity index (χ0) is 15.5. The first-order chi connectivity index (χ1) is 10.2. The van der Waals surface area contributed by atoms with Gasteiger partial charge in [0, 0.05) is 45.3 Å². The predicted molar refractivity (Wildman–Crippen MR) is 87.7 cm³/mol. The van der Waals surface area contributed by atoms with Gasteiger partial charge in [0.05, 0.1) is 18.9 Å². The summed E-state index contributed by atoms with van der Waals surface area (Å²) in [7, 11) is 3.48. The van der Waals surface area contributed by atoms with Crippen LogP contribution < -0.4 is 5.32 Å². The van der Waals surface area contributed by atoms with Gasteiger partial charge in [0.25, 0.3) is 0 Å². The molecule has 21 heavy (non-hydrogen) atoms. The van der Waals surface area contributed by atoms with Crippen LogP contribution in [0.4, 0.5) is 0 Å². The standard InChI is InChI=1S/C15H29N3O2S/c1-5-6-16-9-15-17-14(12-21-15)10-18(7-8-19-3)13(2)11-20-4/h12-13,16H,5-11H2,1-4H3. The van der Waals surface area contributed by atoms with E-state index in [1.54, 1.807) is 25.6 Å². The Labute approximate surface area is 132 Å². The number of rotatable bonds is 12. The van der Waals surface area contributed by atoms with Crippen LogP contribution in [0.25, 0.3) is 0 Å². The minimum Gasteiger partial charge on any atom is -0.383 e. The largest absolute Gasteiger partial charge is 0.383 e. The van der Waals surface area contributed by atoms with Crippen molar-refractivity contribution in [1.29, 1.82) is 0 Å². The number of aromatic nitrogens is 1. The molecule has 0 aliphatic heterocycles. The highest BCUT2D eigenvalue weighted by Gasteiger charge is 2.15. The molecule has 6 heteroatoms. The lowest BCUT2D eigenvalue weighted by molar-refractivity contribution is 0.0698. The van der Waals surface area contributed by atoms with E-state index in [1.807, 2.05) is 0 Å². The zero-order valence-corrected chi connectivity index (χ0v) is 14.5. The van der Waals surface area contributed by atoms with Gasteiger partial charge >= 0.3 is 0 Å². The van der Waals surface area contributed by atoms with Crippen molar-refractivity contribution in [3.8, 4) is 0 Å². The molecule has 1 aromatic heterocycles. The summed E-state index contributed by atoms with van der Waals surface area (Å²) >= 11 is 1.73. The van der Waals surface area contributed by atoms with Gasteiger partial charge < -0.3 is 14.8 Å². The fourth-order valence-electron chi connectivity index (χ4n) is 2.09. The molecule has 0 aliphatic rings.